The minimum Gasteiger partial charge on any atom is -0.294 e. The molecular formula is C11H14N4O. The maximum absolute atomic E-state index is 11.1. The average Bonchev–Trinajstić information content (AvgIpc) is 2.87. The van der Waals surface area contributed by atoms with Gasteiger partial charge in [-0.15, -0.1) is 0 Å². The maximum atomic E-state index is 11.1. The minimum absolute atomic E-state index is 0.0375. The van der Waals surface area contributed by atoms with Crippen LogP contribution >= 0.6 is 0 Å². The topological polar surface area (TPSA) is 52.7 Å². The molecule has 2 heterocycles. The molecule has 0 aliphatic carbocycles. The lowest BCUT2D eigenvalue weighted by Gasteiger charge is -1.96. The van der Waals surface area contributed by atoms with Gasteiger partial charge in [0.25, 0.3) is 0 Å². The maximum Gasteiger partial charge on any atom is 0.162 e. The van der Waals surface area contributed by atoms with Gasteiger partial charge in [-0.1, -0.05) is 0 Å². The van der Waals surface area contributed by atoms with Crippen LogP contribution in [0, 0.1) is 0 Å². The summed E-state index contributed by atoms with van der Waals surface area (Å²) in [6, 6.07) is 0. The van der Waals surface area contributed by atoms with Gasteiger partial charge in [0.15, 0.2) is 5.78 Å². The fourth-order valence-corrected chi connectivity index (χ4v) is 1.48. The van der Waals surface area contributed by atoms with E-state index in [0.29, 0.717) is 12.1 Å². The average molecular weight is 218 g/mol. The molecule has 5 nitrogen and oxygen atoms in total. The number of carbonyl (C=O) groups is 1. The molecule has 0 N–H and O–H groups in total. The van der Waals surface area contributed by atoms with E-state index in [2.05, 4.69) is 10.2 Å². The van der Waals surface area contributed by atoms with E-state index in [0.717, 1.165) is 12.1 Å². The second-order valence-electron chi connectivity index (χ2n) is 3.69. The monoisotopic (exact) mass is 218 g/mol. The quantitative estimate of drug-likeness (QED) is 0.728. The van der Waals surface area contributed by atoms with Gasteiger partial charge in [0.1, 0.15) is 0 Å². The van der Waals surface area contributed by atoms with E-state index >= 15 is 0 Å². The van der Waals surface area contributed by atoms with Crippen molar-refractivity contribution >= 4 is 5.78 Å². The lowest BCUT2D eigenvalue weighted by atomic mass is 10.3. The fraction of sp³-hybridized carbons (Fsp3) is 0.364. The number of hydrogen-bond acceptors (Lipinski definition) is 3. The highest BCUT2D eigenvalue weighted by atomic mass is 16.1. The molecule has 2 aromatic heterocycles. The Kier molecular flexibility index (Phi) is 2.85. The molecule has 0 radical (unpaired) electrons. The van der Waals surface area contributed by atoms with Gasteiger partial charge >= 0.3 is 0 Å². The second kappa shape index (κ2) is 4.30. The minimum atomic E-state index is 0.0375. The molecule has 0 spiro atoms. The number of rotatable bonds is 4. The van der Waals surface area contributed by atoms with E-state index in [4.69, 9.17) is 0 Å². The van der Waals surface area contributed by atoms with Crippen LogP contribution in [0.4, 0.5) is 0 Å². The van der Waals surface area contributed by atoms with E-state index in [1.807, 2.05) is 24.0 Å². The van der Waals surface area contributed by atoms with Gasteiger partial charge in [-0.25, -0.2) is 0 Å². The molecule has 5 heteroatoms. The Morgan fingerprint density at radius 3 is 2.56 bits per heavy atom. The molecule has 0 fully saturated rings. The van der Waals surface area contributed by atoms with Crippen molar-refractivity contribution in [2.45, 2.75) is 26.9 Å². The van der Waals surface area contributed by atoms with Crippen molar-refractivity contribution in [3.8, 4) is 0 Å². The number of Topliss-reactive ketones (excluding diaryl/α,β-unsaturated/α-hetero) is 1. The summed E-state index contributed by atoms with van der Waals surface area (Å²) < 4.78 is 3.61. The van der Waals surface area contributed by atoms with Crippen LogP contribution in [-0.4, -0.2) is 25.3 Å². The molecule has 0 saturated heterocycles. The van der Waals surface area contributed by atoms with E-state index in [1.54, 1.807) is 17.1 Å². The molecule has 84 valence electrons. The molecule has 0 aliphatic heterocycles. The molecule has 16 heavy (non-hydrogen) atoms. The van der Waals surface area contributed by atoms with Gasteiger partial charge in [0.05, 0.1) is 24.5 Å². The first-order chi connectivity index (χ1) is 7.69. The second-order valence-corrected chi connectivity index (χ2v) is 3.69. The van der Waals surface area contributed by atoms with Crippen LogP contribution in [0.3, 0.4) is 0 Å². The van der Waals surface area contributed by atoms with Crippen LogP contribution in [0.1, 0.15) is 29.8 Å². The summed E-state index contributed by atoms with van der Waals surface area (Å²) in [6.07, 6.45) is 7.14. The molecule has 0 unspecified atom stereocenters. The Morgan fingerprint density at radius 2 is 2.00 bits per heavy atom. The predicted molar refractivity (Wildman–Crippen MR) is 59.2 cm³/mol. The van der Waals surface area contributed by atoms with Crippen molar-refractivity contribution in [1.29, 1.82) is 0 Å². The molecule has 0 bridgehead atoms. The van der Waals surface area contributed by atoms with Gasteiger partial charge < -0.3 is 0 Å². The first kappa shape index (κ1) is 10.6. The predicted octanol–water partition coefficient (Wildman–Crippen LogP) is 1.35. The van der Waals surface area contributed by atoms with Crippen molar-refractivity contribution in [3.63, 3.8) is 0 Å². The Labute approximate surface area is 93.7 Å². The summed E-state index contributed by atoms with van der Waals surface area (Å²) in [4.78, 5) is 11.1. The van der Waals surface area contributed by atoms with Crippen molar-refractivity contribution < 1.29 is 4.79 Å². The SMILES string of the molecule is CCn1cc(Cn2cc(C(C)=O)cn2)cn1. The van der Waals surface area contributed by atoms with E-state index in [9.17, 15) is 4.79 Å². The van der Waals surface area contributed by atoms with Crippen LogP contribution < -0.4 is 0 Å². The highest BCUT2D eigenvalue weighted by Gasteiger charge is 2.04. The van der Waals surface area contributed by atoms with Crippen molar-refractivity contribution in [1.82, 2.24) is 19.6 Å². The summed E-state index contributed by atoms with van der Waals surface area (Å²) in [5, 5.41) is 8.31. The molecule has 0 aromatic carbocycles. The van der Waals surface area contributed by atoms with E-state index in [-0.39, 0.29) is 5.78 Å². The molecule has 2 aromatic rings. The van der Waals surface area contributed by atoms with Crippen LogP contribution in [0.15, 0.2) is 24.8 Å². The smallest absolute Gasteiger partial charge is 0.162 e. The third-order valence-corrected chi connectivity index (χ3v) is 2.40. The number of aryl methyl sites for hydroxylation is 1. The van der Waals surface area contributed by atoms with Crippen LogP contribution in [0.5, 0.6) is 0 Å². The third-order valence-electron chi connectivity index (χ3n) is 2.40. The molecule has 0 amide bonds. The molecule has 0 aliphatic rings. The zero-order chi connectivity index (χ0) is 11.5. The first-order valence-electron chi connectivity index (χ1n) is 5.23. The highest BCUT2D eigenvalue weighted by Crippen LogP contribution is 2.04. The highest BCUT2D eigenvalue weighted by molar-refractivity contribution is 5.93. The lowest BCUT2D eigenvalue weighted by molar-refractivity contribution is 0.101. The number of nitrogens with zero attached hydrogens (tertiary/aromatic N) is 4. The van der Waals surface area contributed by atoms with Crippen molar-refractivity contribution in [2.75, 3.05) is 0 Å². The Bertz CT molecular complexity index is 498. The normalized spacial score (nSPS) is 10.6. The van der Waals surface area contributed by atoms with Gasteiger partial charge in [0.2, 0.25) is 0 Å². The summed E-state index contributed by atoms with van der Waals surface area (Å²) >= 11 is 0. The van der Waals surface area contributed by atoms with Crippen molar-refractivity contribution in [2.24, 2.45) is 0 Å². The molecule has 0 atom stereocenters. The summed E-state index contributed by atoms with van der Waals surface area (Å²) in [7, 11) is 0. The van der Waals surface area contributed by atoms with Gasteiger partial charge in [-0.05, 0) is 13.8 Å². The summed E-state index contributed by atoms with van der Waals surface area (Å²) in [5.41, 5.74) is 1.72. The lowest BCUT2D eigenvalue weighted by Crippen LogP contribution is -1.99. The third kappa shape index (κ3) is 2.18. The van der Waals surface area contributed by atoms with Gasteiger partial charge in [-0.2, -0.15) is 10.2 Å². The number of ketones is 1. The van der Waals surface area contributed by atoms with E-state index in [1.165, 1.54) is 6.92 Å². The Hall–Kier alpha value is -1.91. The van der Waals surface area contributed by atoms with E-state index < -0.39 is 0 Å². The number of carbonyl (C=O) groups excluding carboxylic acids is 1. The summed E-state index contributed by atoms with van der Waals surface area (Å²) in [6.45, 7) is 5.08. The summed E-state index contributed by atoms with van der Waals surface area (Å²) in [5.74, 6) is 0.0375. The van der Waals surface area contributed by atoms with Gasteiger partial charge in [0, 0.05) is 24.5 Å². The number of aromatic nitrogens is 4. The fourth-order valence-electron chi connectivity index (χ4n) is 1.48. The van der Waals surface area contributed by atoms with Crippen molar-refractivity contribution in [3.05, 3.63) is 35.9 Å². The molecular weight excluding hydrogens is 204 g/mol. The van der Waals surface area contributed by atoms with Crippen LogP contribution in [0.2, 0.25) is 0 Å². The van der Waals surface area contributed by atoms with Gasteiger partial charge in [-0.3, -0.25) is 14.2 Å². The Morgan fingerprint density at radius 1 is 1.25 bits per heavy atom. The largest absolute Gasteiger partial charge is 0.294 e. The number of hydrogen-bond donors (Lipinski definition) is 0. The zero-order valence-corrected chi connectivity index (χ0v) is 9.42. The van der Waals surface area contributed by atoms with Crippen LogP contribution in [0.25, 0.3) is 0 Å². The zero-order valence-electron chi connectivity index (χ0n) is 9.42. The standard InChI is InChI=1S/C11H14N4O/c1-3-14-6-10(4-12-14)7-15-8-11(5-13-15)9(2)16/h4-6,8H,3,7H2,1-2H3. The molecule has 2 rings (SSSR count). The Balaban J connectivity index is 2.11. The first-order valence-corrected chi connectivity index (χ1v) is 5.23. The molecule has 0 saturated carbocycles. The van der Waals surface area contributed by atoms with Crippen LogP contribution in [-0.2, 0) is 13.1 Å².